The van der Waals surface area contributed by atoms with Crippen molar-refractivity contribution in [2.45, 2.75) is 11.0 Å². The smallest absolute Gasteiger partial charge is 0.241 e. The van der Waals surface area contributed by atoms with Crippen molar-refractivity contribution < 1.29 is 13.2 Å². The molecular formula is C9H13ClN2O3S. The van der Waals surface area contributed by atoms with Crippen molar-refractivity contribution >= 4 is 22.4 Å². The van der Waals surface area contributed by atoms with E-state index in [1.165, 1.54) is 6.07 Å². The second-order valence-electron chi connectivity index (χ2n) is 3.39. The molecule has 0 radical (unpaired) electrons. The Bertz CT molecular complexity index is 460. The minimum Gasteiger partial charge on any atom is -0.486 e. The van der Waals surface area contributed by atoms with Gasteiger partial charge in [0.25, 0.3) is 0 Å². The number of halogens is 1. The van der Waals surface area contributed by atoms with Crippen molar-refractivity contribution in [3.05, 3.63) is 24.3 Å². The third-order valence-corrected chi connectivity index (χ3v) is 3.14. The maximum atomic E-state index is 11.2. The van der Waals surface area contributed by atoms with E-state index in [9.17, 15) is 8.42 Å². The molecule has 1 heterocycles. The molecule has 0 aromatic heterocycles. The Labute approximate surface area is 100 Å². The van der Waals surface area contributed by atoms with Gasteiger partial charge in [0.15, 0.2) is 0 Å². The highest BCUT2D eigenvalue weighted by molar-refractivity contribution is 7.89. The fourth-order valence-corrected chi connectivity index (χ4v) is 1.97. The number of nitrogens with two attached hydrogens (primary N) is 1. The van der Waals surface area contributed by atoms with Gasteiger partial charge in [-0.05, 0) is 12.1 Å². The first-order valence-electron chi connectivity index (χ1n) is 4.56. The summed E-state index contributed by atoms with van der Waals surface area (Å²) in [6.07, 6.45) is 0.0351. The summed E-state index contributed by atoms with van der Waals surface area (Å²) in [7, 11) is -3.71. The molecule has 2 rings (SSSR count). The number of sulfonamides is 1. The summed E-state index contributed by atoms with van der Waals surface area (Å²) in [6.45, 7) is 1.47. The molecule has 0 amide bonds. The van der Waals surface area contributed by atoms with E-state index >= 15 is 0 Å². The Morgan fingerprint density at radius 2 is 1.94 bits per heavy atom. The van der Waals surface area contributed by atoms with Gasteiger partial charge in [-0.1, -0.05) is 12.1 Å². The molecule has 1 aromatic carbocycles. The fourth-order valence-electron chi connectivity index (χ4n) is 1.31. The van der Waals surface area contributed by atoms with Crippen molar-refractivity contribution in [1.29, 1.82) is 0 Å². The highest BCUT2D eigenvalue weighted by Gasteiger charge is 2.22. The quantitative estimate of drug-likeness (QED) is 0.812. The number of para-hydroxylation sites is 1. The molecule has 7 heteroatoms. The van der Waals surface area contributed by atoms with Crippen molar-refractivity contribution in [3.8, 4) is 5.75 Å². The van der Waals surface area contributed by atoms with Crippen LogP contribution in [-0.4, -0.2) is 27.6 Å². The number of primary sulfonamides is 1. The molecule has 0 spiro atoms. The molecule has 0 saturated carbocycles. The number of rotatable bonds is 3. The van der Waals surface area contributed by atoms with Crippen molar-refractivity contribution in [2.24, 2.45) is 5.14 Å². The number of ether oxygens (including phenoxy) is 1. The standard InChI is InChI=1S/C9H12N2O3S.ClH/c10-15(12,13)9-4-2-1-3-8(9)14-7-5-11-6-7;/h1-4,7,11H,5-6H2,(H2,10,12,13);1H. The minimum absolute atomic E-state index is 0. The predicted octanol–water partition coefficient (Wildman–Crippen LogP) is 0.106. The van der Waals surface area contributed by atoms with Crippen LogP contribution in [0, 0.1) is 0 Å². The molecule has 1 aromatic rings. The van der Waals surface area contributed by atoms with Gasteiger partial charge in [-0.2, -0.15) is 0 Å². The number of benzene rings is 1. The van der Waals surface area contributed by atoms with Gasteiger partial charge >= 0.3 is 0 Å². The van der Waals surface area contributed by atoms with Crippen LogP contribution in [0.25, 0.3) is 0 Å². The molecular weight excluding hydrogens is 252 g/mol. The van der Waals surface area contributed by atoms with E-state index in [1.54, 1.807) is 18.2 Å². The van der Waals surface area contributed by atoms with Crippen LogP contribution in [-0.2, 0) is 10.0 Å². The van der Waals surface area contributed by atoms with E-state index in [1.807, 2.05) is 0 Å². The van der Waals surface area contributed by atoms with Crippen LogP contribution in [0.3, 0.4) is 0 Å². The van der Waals surface area contributed by atoms with E-state index in [0.717, 1.165) is 13.1 Å². The Kier molecular flexibility index (Phi) is 4.15. The van der Waals surface area contributed by atoms with E-state index in [-0.39, 0.29) is 23.4 Å². The zero-order valence-corrected chi connectivity index (χ0v) is 10.1. The normalized spacial score (nSPS) is 16.1. The average Bonchev–Trinajstić information content (AvgIpc) is 2.10. The largest absolute Gasteiger partial charge is 0.486 e. The van der Waals surface area contributed by atoms with Crippen LogP contribution >= 0.6 is 12.4 Å². The SMILES string of the molecule is Cl.NS(=O)(=O)c1ccccc1OC1CNC1. The van der Waals surface area contributed by atoms with E-state index in [4.69, 9.17) is 9.88 Å². The lowest BCUT2D eigenvalue weighted by Gasteiger charge is -2.28. The third-order valence-electron chi connectivity index (χ3n) is 2.19. The van der Waals surface area contributed by atoms with Crippen LogP contribution in [0.15, 0.2) is 29.2 Å². The summed E-state index contributed by atoms with van der Waals surface area (Å²) < 4.78 is 27.9. The zero-order valence-electron chi connectivity index (χ0n) is 8.42. The summed E-state index contributed by atoms with van der Waals surface area (Å²) in [6, 6.07) is 6.39. The third kappa shape index (κ3) is 2.85. The number of nitrogens with one attached hydrogen (secondary N) is 1. The molecule has 0 aliphatic carbocycles. The number of hydrogen-bond acceptors (Lipinski definition) is 4. The Balaban J connectivity index is 0.00000128. The molecule has 1 aliphatic rings. The molecule has 90 valence electrons. The van der Waals surface area contributed by atoms with Gasteiger partial charge in [0.2, 0.25) is 10.0 Å². The zero-order chi connectivity index (χ0) is 10.9. The van der Waals surface area contributed by atoms with Gasteiger partial charge in [-0.3, -0.25) is 0 Å². The van der Waals surface area contributed by atoms with Crippen LogP contribution in [0.5, 0.6) is 5.75 Å². The lowest BCUT2D eigenvalue weighted by molar-refractivity contribution is 0.138. The van der Waals surface area contributed by atoms with Crippen LogP contribution in [0.1, 0.15) is 0 Å². The van der Waals surface area contributed by atoms with Gasteiger partial charge in [-0.15, -0.1) is 12.4 Å². The first kappa shape index (κ1) is 13.2. The van der Waals surface area contributed by atoms with E-state index < -0.39 is 10.0 Å². The molecule has 1 fully saturated rings. The lowest BCUT2D eigenvalue weighted by Crippen LogP contribution is -2.50. The summed E-state index contributed by atoms with van der Waals surface area (Å²) in [5, 5.41) is 8.10. The summed E-state index contributed by atoms with van der Waals surface area (Å²) >= 11 is 0. The molecule has 0 bridgehead atoms. The Morgan fingerprint density at radius 3 is 2.44 bits per heavy atom. The van der Waals surface area contributed by atoms with Crippen LogP contribution < -0.4 is 15.2 Å². The molecule has 5 nitrogen and oxygen atoms in total. The van der Waals surface area contributed by atoms with Gasteiger partial charge in [0, 0.05) is 13.1 Å². The first-order valence-corrected chi connectivity index (χ1v) is 6.11. The fraction of sp³-hybridized carbons (Fsp3) is 0.333. The predicted molar refractivity (Wildman–Crippen MR) is 62.3 cm³/mol. The van der Waals surface area contributed by atoms with Crippen molar-refractivity contribution in [3.63, 3.8) is 0 Å². The molecule has 0 atom stereocenters. The van der Waals surface area contributed by atoms with Crippen LogP contribution in [0.4, 0.5) is 0 Å². The highest BCUT2D eigenvalue weighted by Crippen LogP contribution is 2.23. The van der Waals surface area contributed by atoms with Crippen molar-refractivity contribution in [2.75, 3.05) is 13.1 Å². The van der Waals surface area contributed by atoms with E-state index in [2.05, 4.69) is 5.32 Å². The van der Waals surface area contributed by atoms with Crippen LogP contribution in [0.2, 0.25) is 0 Å². The molecule has 1 saturated heterocycles. The van der Waals surface area contributed by atoms with Gasteiger partial charge in [-0.25, -0.2) is 13.6 Å². The second-order valence-corrected chi connectivity index (χ2v) is 4.92. The average molecular weight is 265 g/mol. The minimum atomic E-state index is -3.71. The maximum absolute atomic E-state index is 11.2. The van der Waals surface area contributed by atoms with Gasteiger partial charge < -0.3 is 10.1 Å². The molecule has 1 aliphatic heterocycles. The molecule has 0 unspecified atom stereocenters. The lowest BCUT2D eigenvalue weighted by atomic mass is 10.2. The first-order chi connectivity index (χ1) is 7.07. The number of hydrogen-bond donors (Lipinski definition) is 2. The van der Waals surface area contributed by atoms with Gasteiger partial charge in [0.05, 0.1) is 0 Å². The summed E-state index contributed by atoms with van der Waals surface area (Å²) in [5.41, 5.74) is 0. The summed E-state index contributed by atoms with van der Waals surface area (Å²) in [5.74, 6) is 0.325. The summed E-state index contributed by atoms with van der Waals surface area (Å²) in [4.78, 5) is 0.0388. The van der Waals surface area contributed by atoms with E-state index in [0.29, 0.717) is 5.75 Å². The second kappa shape index (κ2) is 5.01. The van der Waals surface area contributed by atoms with Crippen molar-refractivity contribution in [1.82, 2.24) is 5.32 Å². The maximum Gasteiger partial charge on any atom is 0.241 e. The molecule has 3 N–H and O–H groups in total. The Morgan fingerprint density at radius 1 is 1.31 bits per heavy atom. The monoisotopic (exact) mass is 264 g/mol. The highest BCUT2D eigenvalue weighted by atomic mass is 35.5. The molecule has 16 heavy (non-hydrogen) atoms. The Hall–Kier alpha value is -0.820. The van der Waals surface area contributed by atoms with Gasteiger partial charge in [0.1, 0.15) is 16.7 Å². The topological polar surface area (TPSA) is 81.4 Å².